The van der Waals surface area contributed by atoms with E-state index in [1.807, 2.05) is 117 Å². The highest BCUT2D eigenvalue weighted by atomic mass is 17.3. The van der Waals surface area contributed by atoms with Gasteiger partial charge in [0.05, 0.1) is 22.7 Å². The van der Waals surface area contributed by atoms with Gasteiger partial charge in [0, 0.05) is 10.8 Å². The smallest absolute Gasteiger partial charge is 0.471 e. The molecule has 1 heterocycles. The molecule has 1 aliphatic rings. The second-order valence-electron chi connectivity index (χ2n) is 14.8. The lowest BCUT2D eigenvalue weighted by molar-refractivity contribution is -0.407. The molecule has 7 rings (SSSR count). The second kappa shape index (κ2) is 15.6. The van der Waals surface area contributed by atoms with Gasteiger partial charge < -0.3 is 41.4 Å². The Morgan fingerprint density at radius 2 is 1.20 bits per heavy atom. The molecule has 0 radical (unpaired) electrons. The number of nitrogens with one attached hydrogen (secondary N) is 2. The maximum Gasteiger partial charge on any atom is 0.505 e. The van der Waals surface area contributed by atoms with E-state index in [2.05, 4.69) is 52.2 Å². The van der Waals surface area contributed by atoms with E-state index in [9.17, 15) is 0 Å². The molecular weight excluding hydrogens is 681 g/mol. The van der Waals surface area contributed by atoms with Crippen LogP contribution in [0.2, 0.25) is 0 Å². The molecule has 1 aliphatic heterocycles. The molecule has 0 saturated carbocycles. The van der Waals surface area contributed by atoms with Gasteiger partial charge in [0.1, 0.15) is 5.75 Å². The Bertz CT molecular complexity index is 2240. The number of ether oxygens (including phenoxy) is 3. The van der Waals surface area contributed by atoms with E-state index in [1.54, 1.807) is 6.07 Å². The fraction of sp³-hybridized carbons (Fsp3) is 0.273. The first-order valence-corrected chi connectivity index (χ1v) is 18.0. The van der Waals surface area contributed by atoms with E-state index in [-0.39, 0.29) is 23.0 Å². The first-order chi connectivity index (χ1) is 25.3. The lowest BCUT2D eigenvalue weighted by atomic mass is 9.87. The highest BCUT2D eigenvalue weighted by Crippen LogP contribution is 2.43. The van der Waals surface area contributed by atoms with Crippen molar-refractivity contribution in [1.82, 2.24) is 0 Å². The van der Waals surface area contributed by atoms with Crippen molar-refractivity contribution in [3.63, 3.8) is 0 Å². The molecule has 54 heavy (non-hydrogen) atoms. The zero-order chi connectivity index (χ0) is 38.0. The molecule has 0 aliphatic carbocycles. The molecule has 1 unspecified atom stereocenters. The molecule has 0 fully saturated rings. The minimum Gasteiger partial charge on any atom is -0.471 e. The highest BCUT2D eigenvalue weighted by molar-refractivity contribution is 5.96. The largest absolute Gasteiger partial charge is 0.505 e. The molecule has 0 amide bonds. The Morgan fingerprint density at radius 3 is 1.83 bits per heavy atom. The molecular formula is C44H52N4O6. The zero-order valence-electron chi connectivity index (χ0n) is 32.3. The number of anilines is 4. The standard InChI is InChI=1S/C42H44N4O5.C2H6.H2O/c1-40(2,3)28-18-22-35(32(23-28)45-25-47-36-19-15-26-11-7-9-13-30(26)38(36)43)50-51-42(46-33-24-29(41(4,5)6)17-21-34(33)48-42)49-37-20-16-27-12-8-10-14-31(27)39(37)44;1-2;/h7-24,45-46H,25,43-44H2,1-6H3;1-2H3;1H2. The van der Waals surface area contributed by atoms with Crippen LogP contribution in [0.5, 0.6) is 23.0 Å². The van der Waals surface area contributed by atoms with Crippen molar-refractivity contribution in [2.24, 2.45) is 0 Å². The quantitative estimate of drug-likeness (QED) is 0.0492. The summed E-state index contributed by atoms with van der Waals surface area (Å²) in [4.78, 5) is 12.3. The Kier molecular flexibility index (Phi) is 11.4. The van der Waals surface area contributed by atoms with Crippen LogP contribution in [0, 0.1) is 0 Å². The number of nitrogens with two attached hydrogens (primary N) is 2. The third-order valence-electron chi connectivity index (χ3n) is 9.06. The van der Waals surface area contributed by atoms with Crippen LogP contribution in [-0.2, 0) is 15.7 Å². The van der Waals surface area contributed by atoms with Crippen molar-refractivity contribution >= 4 is 44.3 Å². The first kappa shape index (κ1) is 39.4. The van der Waals surface area contributed by atoms with Gasteiger partial charge in [0.2, 0.25) is 0 Å². The predicted molar refractivity (Wildman–Crippen MR) is 220 cm³/mol. The molecule has 10 heteroatoms. The third kappa shape index (κ3) is 8.20. The maximum atomic E-state index is 6.64. The molecule has 0 bridgehead atoms. The van der Waals surface area contributed by atoms with Crippen molar-refractivity contribution in [3.8, 4) is 23.0 Å². The summed E-state index contributed by atoms with van der Waals surface area (Å²) >= 11 is 0. The lowest BCUT2D eigenvalue weighted by Gasteiger charge is -2.28. The lowest BCUT2D eigenvalue weighted by Crippen LogP contribution is -2.50. The minimum absolute atomic E-state index is 0. The summed E-state index contributed by atoms with van der Waals surface area (Å²) in [5.41, 5.74) is 17.4. The Balaban J connectivity index is 0.00000184. The molecule has 8 N–H and O–H groups in total. The Hall–Kier alpha value is -5.84. The Labute approximate surface area is 317 Å². The van der Waals surface area contributed by atoms with Gasteiger partial charge in [-0.1, -0.05) is 133 Å². The molecule has 6 aromatic carbocycles. The van der Waals surface area contributed by atoms with E-state index in [4.69, 9.17) is 35.5 Å². The SMILES string of the molecule is CC.CC(C)(C)c1ccc(OOC2(Oc3ccc4ccccc4c3N)Nc3cc(C(C)(C)C)ccc3O2)c(NCOc2ccc3ccccc3c2N)c1.O. The monoisotopic (exact) mass is 732 g/mol. The molecule has 284 valence electrons. The van der Waals surface area contributed by atoms with Crippen molar-refractivity contribution in [2.75, 3.05) is 28.8 Å². The number of hydrogen-bond donors (Lipinski definition) is 4. The van der Waals surface area contributed by atoms with E-state index >= 15 is 0 Å². The highest BCUT2D eigenvalue weighted by Gasteiger charge is 2.47. The first-order valence-electron chi connectivity index (χ1n) is 18.0. The average molecular weight is 733 g/mol. The number of nitrogen functional groups attached to an aromatic ring is 2. The number of fused-ring (bicyclic) bond motifs is 3. The summed E-state index contributed by atoms with van der Waals surface area (Å²) < 4.78 is 19.0. The van der Waals surface area contributed by atoms with Gasteiger partial charge in [0.15, 0.2) is 24.0 Å². The van der Waals surface area contributed by atoms with Crippen LogP contribution in [0.3, 0.4) is 0 Å². The van der Waals surface area contributed by atoms with Gasteiger partial charge in [0.25, 0.3) is 0 Å². The second-order valence-corrected chi connectivity index (χ2v) is 14.8. The summed E-state index contributed by atoms with van der Waals surface area (Å²) in [6.45, 7) is 17.0. The van der Waals surface area contributed by atoms with E-state index in [1.165, 1.54) is 0 Å². The third-order valence-corrected chi connectivity index (χ3v) is 9.06. The van der Waals surface area contributed by atoms with Crippen LogP contribution in [0.25, 0.3) is 21.5 Å². The summed E-state index contributed by atoms with van der Waals surface area (Å²) in [5, 5.41) is 10.4. The van der Waals surface area contributed by atoms with Gasteiger partial charge >= 0.3 is 6.10 Å². The van der Waals surface area contributed by atoms with Crippen molar-refractivity contribution < 1.29 is 29.5 Å². The zero-order valence-corrected chi connectivity index (χ0v) is 32.3. The van der Waals surface area contributed by atoms with E-state index < -0.39 is 6.10 Å². The van der Waals surface area contributed by atoms with Gasteiger partial charge in [-0.2, -0.15) is 0 Å². The van der Waals surface area contributed by atoms with Gasteiger partial charge in [-0.3, -0.25) is 5.32 Å². The summed E-state index contributed by atoms with van der Waals surface area (Å²) in [6.07, 6.45) is -1.93. The maximum absolute atomic E-state index is 6.64. The van der Waals surface area contributed by atoms with Crippen molar-refractivity contribution in [2.45, 2.75) is 72.3 Å². The number of rotatable bonds is 9. The number of hydrogen-bond acceptors (Lipinski definition) is 9. The van der Waals surface area contributed by atoms with Crippen LogP contribution in [-0.4, -0.2) is 18.3 Å². The normalized spacial score (nSPS) is 14.8. The average Bonchev–Trinajstić information content (AvgIpc) is 3.51. The minimum atomic E-state index is -1.93. The predicted octanol–water partition coefficient (Wildman–Crippen LogP) is 9.91. The van der Waals surface area contributed by atoms with Gasteiger partial charge in [-0.15, -0.1) is 0 Å². The van der Waals surface area contributed by atoms with E-state index in [0.717, 1.165) is 32.7 Å². The summed E-state index contributed by atoms with van der Waals surface area (Å²) in [6, 6.07) is 35.1. The molecule has 0 aromatic heterocycles. The molecule has 0 saturated heterocycles. The molecule has 0 spiro atoms. The molecule has 10 nitrogen and oxygen atoms in total. The van der Waals surface area contributed by atoms with Crippen LogP contribution in [0.4, 0.5) is 22.7 Å². The number of benzene rings is 6. The van der Waals surface area contributed by atoms with Gasteiger partial charge in [-0.05, 0) is 69.1 Å². The van der Waals surface area contributed by atoms with Crippen molar-refractivity contribution in [3.05, 3.63) is 120 Å². The molecule has 6 aromatic rings. The fourth-order valence-electron chi connectivity index (χ4n) is 6.03. The van der Waals surface area contributed by atoms with E-state index in [0.29, 0.717) is 45.7 Å². The van der Waals surface area contributed by atoms with Gasteiger partial charge in [-0.25, -0.2) is 0 Å². The van der Waals surface area contributed by atoms with Crippen LogP contribution in [0.15, 0.2) is 109 Å². The van der Waals surface area contributed by atoms with Crippen molar-refractivity contribution in [1.29, 1.82) is 0 Å². The Morgan fingerprint density at radius 1 is 0.667 bits per heavy atom. The molecule has 1 atom stereocenters. The van der Waals surface area contributed by atoms with Crippen LogP contribution < -0.4 is 41.2 Å². The fourth-order valence-corrected chi connectivity index (χ4v) is 6.03. The summed E-state index contributed by atoms with van der Waals surface area (Å²) in [7, 11) is 0. The van der Waals surface area contributed by atoms with Crippen LogP contribution >= 0.6 is 0 Å². The summed E-state index contributed by atoms with van der Waals surface area (Å²) in [5.74, 6) is 1.85. The topological polar surface area (TPSA) is 154 Å². The van der Waals surface area contributed by atoms with Crippen LogP contribution in [0.1, 0.15) is 66.5 Å².